The maximum atomic E-state index is 14.6. The molecule has 10 nitrogen and oxygen atoms in total. The van der Waals surface area contributed by atoms with E-state index in [0.717, 1.165) is 16.4 Å². The maximum absolute atomic E-state index is 14.6. The van der Waals surface area contributed by atoms with E-state index in [1.807, 2.05) is 13.8 Å². The zero-order chi connectivity index (χ0) is 29.5. The van der Waals surface area contributed by atoms with Gasteiger partial charge < -0.3 is 25.4 Å². The molecule has 3 aliphatic rings. The van der Waals surface area contributed by atoms with Crippen molar-refractivity contribution in [2.24, 2.45) is 0 Å². The number of aliphatic hydroxyl groups is 1. The van der Waals surface area contributed by atoms with Crippen molar-refractivity contribution in [3.05, 3.63) is 48.0 Å². The first kappa shape index (κ1) is 29.2. The van der Waals surface area contributed by atoms with Gasteiger partial charge in [-0.2, -0.15) is 4.31 Å². The fraction of sp³-hybridized carbons (Fsp3) is 0.500. The zero-order valence-electron chi connectivity index (χ0n) is 22.9. The molecule has 0 aromatic heterocycles. The van der Waals surface area contributed by atoms with Gasteiger partial charge in [0.1, 0.15) is 28.3 Å². The number of benzene rings is 2. The van der Waals surface area contributed by atoms with Gasteiger partial charge in [0.15, 0.2) is 0 Å². The van der Waals surface area contributed by atoms with Gasteiger partial charge in [0.05, 0.1) is 12.7 Å². The third-order valence-electron chi connectivity index (χ3n) is 7.96. The molecule has 0 radical (unpaired) electrons. The topological polar surface area (TPSA) is 128 Å². The lowest BCUT2D eigenvalue weighted by Crippen LogP contribution is -2.60. The van der Waals surface area contributed by atoms with Crippen molar-refractivity contribution in [2.75, 3.05) is 26.2 Å². The quantitative estimate of drug-likeness (QED) is 0.492. The van der Waals surface area contributed by atoms with Gasteiger partial charge in [0.2, 0.25) is 15.9 Å². The Bertz CT molecular complexity index is 1450. The molecule has 3 N–H and O–H groups in total. The molecule has 2 saturated heterocycles. The first-order valence-corrected chi connectivity index (χ1v) is 15.1. The van der Waals surface area contributed by atoms with Gasteiger partial charge in [-0.15, -0.1) is 0 Å². The van der Waals surface area contributed by atoms with Crippen LogP contribution in [0, 0.1) is 11.6 Å². The summed E-state index contributed by atoms with van der Waals surface area (Å²) < 4.78 is 62.8. The SMILES string of the molecule is CC(C)NC(=O)N1CCC2(CCOc3cc(-c4ccc(F)cc4F)ccc3S(=O)(=O)N3C[C@H](O)C[C@H]3C(=O)N2)CC1. The van der Waals surface area contributed by atoms with Crippen molar-refractivity contribution in [3.8, 4) is 16.9 Å². The van der Waals surface area contributed by atoms with Crippen LogP contribution in [0.5, 0.6) is 5.75 Å². The van der Waals surface area contributed by atoms with Crippen LogP contribution < -0.4 is 15.4 Å². The zero-order valence-corrected chi connectivity index (χ0v) is 23.7. The number of fused-ring (bicyclic) bond motifs is 2. The predicted octanol–water partition coefficient (Wildman–Crippen LogP) is 2.61. The van der Waals surface area contributed by atoms with Crippen molar-refractivity contribution >= 4 is 22.0 Å². The molecule has 2 aromatic rings. The van der Waals surface area contributed by atoms with Crippen molar-refractivity contribution in [2.45, 2.75) is 68.2 Å². The van der Waals surface area contributed by atoms with Gasteiger partial charge in [0.25, 0.3) is 0 Å². The molecule has 5 rings (SSSR count). The molecular formula is C28H34F2N4O6S. The summed E-state index contributed by atoms with van der Waals surface area (Å²) in [6.07, 6.45) is 0.0478. The van der Waals surface area contributed by atoms with E-state index in [9.17, 15) is 31.9 Å². The van der Waals surface area contributed by atoms with E-state index in [1.165, 1.54) is 24.3 Å². The van der Waals surface area contributed by atoms with E-state index in [0.29, 0.717) is 32.4 Å². The number of rotatable bonds is 2. The van der Waals surface area contributed by atoms with Crippen LogP contribution in [0.4, 0.5) is 13.6 Å². The van der Waals surface area contributed by atoms with Gasteiger partial charge in [0, 0.05) is 55.7 Å². The van der Waals surface area contributed by atoms with Crippen molar-refractivity contribution in [3.63, 3.8) is 0 Å². The molecule has 0 aliphatic carbocycles. The first-order valence-electron chi connectivity index (χ1n) is 13.7. The average molecular weight is 593 g/mol. The molecule has 3 heterocycles. The fourth-order valence-corrected chi connectivity index (χ4v) is 7.50. The number of carbonyl (C=O) groups excluding carboxylic acids is 2. The Balaban J connectivity index is 1.50. The molecule has 2 aromatic carbocycles. The number of amides is 3. The summed E-state index contributed by atoms with van der Waals surface area (Å²) in [5, 5.41) is 16.3. The van der Waals surface area contributed by atoms with Crippen LogP contribution in [0.1, 0.15) is 39.5 Å². The molecule has 41 heavy (non-hydrogen) atoms. The normalized spacial score (nSPS) is 24.1. The number of ether oxygens (including phenoxy) is 1. The number of nitrogens with zero attached hydrogens (tertiary/aromatic N) is 2. The number of aliphatic hydroxyl groups excluding tert-OH is 1. The highest BCUT2D eigenvalue weighted by Crippen LogP contribution is 2.37. The summed E-state index contributed by atoms with van der Waals surface area (Å²) >= 11 is 0. The van der Waals surface area contributed by atoms with Crippen LogP contribution in [-0.4, -0.2) is 84.6 Å². The van der Waals surface area contributed by atoms with Crippen LogP contribution in [-0.2, 0) is 14.8 Å². The molecule has 2 atom stereocenters. The Morgan fingerprint density at radius 1 is 1.15 bits per heavy atom. The average Bonchev–Trinajstić information content (AvgIpc) is 3.31. The number of likely N-dealkylation sites (tertiary alicyclic amines) is 1. The number of piperidine rings is 1. The molecule has 3 aliphatic heterocycles. The van der Waals surface area contributed by atoms with Gasteiger partial charge in [-0.25, -0.2) is 22.0 Å². The molecule has 222 valence electrons. The van der Waals surface area contributed by atoms with E-state index in [1.54, 1.807) is 4.90 Å². The Kier molecular flexibility index (Phi) is 7.96. The van der Waals surface area contributed by atoms with Gasteiger partial charge in [-0.3, -0.25) is 4.79 Å². The molecular weight excluding hydrogens is 558 g/mol. The number of carbonyl (C=O) groups is 2. The molecule has 0 unspecified atom stereocenters. The second kappa shape index (κ2) is 11.2. The van der Waals surface area contributed by atoms with Crippen LogP contribution in [0.2, 0.25) is 0 Å². The van der Waals surface area contributed by atoms with Crippen molar-refractivity contribution in [1.29, 1.82) is 0 Å². The summed E-state index contributed by atoms with van der Waals surface area (Å²) in [4.78, 5) is 27.6. The largest absolute Gasteiger partial charge is 0.492 e. The first-order chi connectivity index (χ1) is 19.4. The highest BCUT2D eigenvalue weighted by atomic mass is 32.2. The number of sulfonamides is 1. The molecule has 13 heteroatoms. The number of hydrogen-bond donors (Lipinski definition) is 3. The Morgan fingerprint density at radius 3 is 2.56 bits per heavy atom. The summed E-state index contributed by atoms with van der Waals surface area (Å²) in [6, 6.07) is 5.82. The van der Waals surface area contributed by atoms with Crippen LogP contribution in [0.3, 0.4) is 0 Å². The second-order valence-corrected chi connectivity index (χ2v) is 13.1. The van der Waals surface area contributed by atoms with E-state index < -0.39 is 45.2 Å². The Morgan fingerprint density at radius 2 is 1.88 bits per heavy atom. The minimum atomic E-state index is -4.32. The third kappa shape index (κ3) is 5.88. The number of hydrogen-bond acceptors (Lipinski definition) is 6. The van der Waals surface area contributed by atoms with Crippen molar-refractivity contribution < 1.29 is 36.6 Å². The standard InChI is InChI=1S/C28H34F2N4O6S/c1-17(2)31-27(37)33-10-7-28(8-11-33)9-12-40-24-13-18(21-5-4-19(29)14-22(21)30)3-6-25(24)41(38,39)34-16-20(35)15-23(34)26(36)32-28/h3-6,13-14,17,20,23,35H,7-12,15-16H2,1-2H3,(H,31,37)(H,32,36)/t20-,23+/m1/s1. The van der Waals surface area contributed by atoms with Gasteiger partial charge in [-0.1, -0.05) is 6.07 Å². The lowest BCUT2D eigenvalue weighted by atomic mass is 9.84. The van der Waals surface area contributed by atoms with E-state index in [4.69, 9.17) is 4.74 Å². The molecule has 0 saturated carbocycles. The smallest absolute Gasteiger partial charge is 0.317 e. The van der Waals surface area contributed by atoms with Gasteiger partial charge >= 0.3 is 6.03 Å². The monoisotopic (exact) mass is 592 g/mol. The minimum Gasteiger partial charge on any atom is -0.492 e. The minimum absolute atomic E-state index is 0.0287. The van der Waals surface area contributed by atoms with Crippen molar-refractivity contribution in [1.82, 2.24) is 19.8 Å². The summed E-state index contributed by atoms with van der Waals surface area (Å²) in [6.45, 7) is 4.24. The lowest BCUT2D eigenvalue weighted by molar-refractivity contribution is -0.127. The summed E-state index contributed by atoms with van der Waals surface area (Å²) in [5.41, 5.74) is -0.420. The fourth-order valence-electron chi connectivity index (χ4n) is 5.75. The third-order valence-corrected chi connectivity index (χ3v) is 9.87. The second-order valence-electron chi connectivity index (χ2n) is 11.2. The van der Waals surface area contributed by atoms with E-state index in [-0.39, 0.29) is 53.4 Å². The number of nitrogens with one attached hydrogen (secondary N) is 2. The summed E-state index contributed by atoms with van der Waals surface area (Å²) in [7, 11) is -4.32. The Labute approximate surface area is 237 Å². The predicted molar refractivity (Wildman–Crippen MR) is 146 cm³/mol. The molecule has 3 amide bonds. The van der Waals surface area contributed by atoms with E-state index in [2.05, 4.69) is 10.6 Å². The van der Waals surface area contributed by atoms with Crippen LogP contribution in [0.25, 0.3) is 11.1 Å². The summed E-state index contributed by atoms with van der Waals surface area (Å²) in [5.74, 6) is -2.10. The number of urea groups is 1. The van der Waals surface area contributed by atoms with E-state index >= 15 is 0 Å². The van der Waals surface area contributed by atoms with Gasteiger partial charge in [-0.05, 0) is 56.5 Å². The molecule has 1 spiro atoms. The van der Waals surface area contributed by atoms with Crippen LogP contribution in [0.15, 0.2) is 41.3 Å². The Hall–Kier alpha value is -3.29. The maximum Gasteiger partial charge on any atom is 0.317 e. The number of halogens is 2. The lowest BCUT2D eigenvalue weighted by Gasteiger charge is -2.43. The van der Waals surface area contributed by atoms with Crippen LogP contribution >= 0.6 is 0 Å². The molecule has 2 fully saturated rings. The highest BCUT2D eigenvalue weighted by molar-refractivity contribution is 7.89. The highest BCUT2D eigenvalue weighted by Gasteiger charge is 2.47. The molecule has 0 bridgehead atoms.